The summed E-state index contributed by atoms with van der Waals surface area (Å²) in [6.07, 6.45) is 3.55. The van der Waals surface area contributed by atoms with Gasteiger partial charge in [-0.3, -0.25) is 4.98 Å². The van der Waals surface area contributed by atoms with Crippen LogP contribution in [0.2, 0.25) is 0 Å². The summed E-state index contributed by atoms with van der Waals surface area (Å²) in [5, 5.41) is 0. The van der Waals surface area contributed by atoms with Crippen LogP contribution in [-0.4, -0.2) is 53.1 Å². The van der Waals surface area contributed by atoms with E-state index in [-0.39, 0.29) is 0 Å². The van der Waals surface area contributed by atoms with E-state index in [1.807, 2.05) is 67.9 Å². The fourth-order valence-corrected chi connectivity index (χ4v) is 3.18. The van der Waals surface area contributed by atoms with Gasteiger partial charge in [-0.25, -0.2) is 9.98 Å². The molecule has 0 saturated carbocycles. The van der Waals surface area contributed by atoms with Crippen LogP contribution in [0.5, 0.6) is 11.5 Å². The summed E-state index contributed by atoms with van der Waals surface area (Å²) in [6.45, 7) is 3.10. The number of benzene rings is 1. The van der Waals surface area contributed by atoms with Gasteiger partial charge in [0.15, 0.2) is 11.5 Å². The zero-order valence-electron chi connectivity index (χ0n) is 16.5. The van der Waals surface area contributed by atoms with E-state index in [0.29, 0.717) is 19.2 Å². The van der Waals surface area contributed by atoms with Gasteiger partial charge in [-0.15, -0.1) is 0 Å². The molecule has 0 atom stereocenters. The molecule has 2 aromatic heterocycles. The van der Waals surface area contributed by atoms with Crippen molar-refractivity contribution >= 4 is 12.3 Å². The van der Waals surface area contributed by atoms with Gasteiger partial charge in [0, 0.05) is 44.2 Å². The Hall–Kier alpha value is -3.35. The molecule has 3 heterocycles. The van der Waals surface area contributed by atoms with Crippen molar-refractivity contribution in [3.63, 3.8) is 0 Å². The summed E-state index contributed by atoms with van der Waals surface area (Å²) in [7, 11) is 5.83. The quantitative estimate of drug-likeness (QED) is 0.515. The Morgan fingerprint density at radius 3 is 2.61 bits per heavy atom. The normalized spacial score (nSPS) is 13.1. The molecule has 0 aliphatic carbocycles. The second-order valence-electron chi connectivity index (χ2n) is 6.92. The van der Waals surface area contributed by atoms with Crippen LogP contribution in [0.15, 0.2) is 41.5 Å². The first kappa shape index (κ1) is 18.0. The lowest BCUT2D eigenvalue weighted by Gasteiger charge is -2.19. The van der Waals surface area contributed by atoms with E-state index in [2.05, 4.69) is 9.98 Å². The number of aryl methyl sites for hydroxylation is 1. The number of imidazole rings is 1. The number of pyridine rings is 1. The summed E-state index contributed by atoms with van der Waals surface area (Å²) in [6, 6.07) is 9.98. The number of hydrogen-bond acceptors (Lipinski definition) is 5. The molecule has 0 N–H and O–H groups in total. The molecule has 0 saturated heterocycles. The Labute approximate surface area is 164 Å². The summed E-state index contributed by atoms with van der Waals surface area (Å²) < 4.78 is 13.4. The van der Waals surface area contributed by atoms with E-state index in [1.165, 1.54) is 0 Å². The molecule has 1 aromatic carbocycles. The Balaban J connectivity index is 1.89. The first-order chi connectivity index (χ1) is 13.5. The molecule has 0 spiro atoms. The highest BCUT2D eigenvalue weighted by atomic mass is 16.6. The van der Waals surface area contributed by atoms with Crippen molar-refractivity contribution in [2.45, 2.75) is 6.92 Å². The first-order valence-corrected chi connectivity index (χ1v) is 9.13. The van der Waals surface area contributed by atoms with Crippen molar-refractivity contribution in [2.24, 2.45) is 12.0 Å². The van der Waals surface area contributed by atoms with E-state index < -0.39 is 0 Å². The number of aliphatic imine (C=N–C) groups is 1. The second-order valence-corrected chi connectivity index (χ2v) is 6.92. The number of aromatic nitrogens is 3. The molecular weight excluding hydrogens is 354 g/mol. The van der Waals surface area contributed by atoms with Gasteiger partial charge in [-0.1, -0.05) is 0 Å². The third-order valence-corrected chi connectivity index (χ3v) is 4.46. The van der Waals surface area contributed by atoms with E-state index in [1.54, 1.807) is 12.5 Å². The molecule has 0 bridgehead atoms. The average Bonchev–Trinajstić information content (AvgIpc) is 3.02. The highest BCUT2D eigenvalue weighted by Crippen LogP contribution is 2.39. The molecule has 0 fully saturated rings. The Bertz CT molecular complexity index is 1040. The van der Waals surface area contributed by atoms with Gasteiger partial charge in [-0.2, -0.15) is 0 Å². The maximum Gasteiger partial charge on any atom is 0.231 e. The van der Waals surface area contributed by atoms with Gasteiger partial charge in [0.1, 0.15) is 13.2 Å². The van der Waals surface area contributed by atoms with Crippen LogP contribution in [0.25, 0.3) is 22.5 Å². The number of fused-ring (bicyclic) bond motifs is 1. The van der Waals surface area contributed by atoms with Crippen LogP contribution in [0.1, 0.15) is 5.69 Å². The van der Waals surface area contributed by atoms with E-state index in [4.69, 9.17) is 14.5 Å². The summed E-state index contributed by atoms with van der Waals surface area (Å²) in [5.41, 5.74) is 4.76. The Morgan fingerprint density at radius 2 is 1.86 bits per heavy atom. The maximum atomic E-state index is 5.77. The third-order valence-electron chi connectivity index (χ3n) is 4.46. The molecule has 1 aliphatic rings. The minimum Gasteiger partial charge on any atom is -0.486 e. The third kappa shape index (κ3) is 3.43. The first-order valence-electron chi connectivity index (χ1n) is 9.13. The Morgan fingerprint density at radius 1 is 1.07 bits per heavy atom. The monoisotopic (exact) mass is 377 g/mol. The van der Waals surface area contributed by atoms with Crippen LogP contribution >= 0.6 is 0 Å². The van der Waals surface area contributed by atoms with Gasteiger partial charge in [0.25, 0.3) is 0 Å². The molecule has 0 radical (unpaired) electrons. The van der Waals surface area contributed by atoms with Gasteiger partial charge < -0.3 is 18.9 Å². The molecule has 1 aliphatic heterocycles. The lowest BCUT2D eigenvalue weighted by Crippen LogP contribution is -2.15. The van der Waals surface area contributed by atoms with E-state index >= 15 is 0 Å². The number of ether oxygens (including phenoxy) is 2. The van der Waals surface area contributed by atoms with Crippen molar-refractivity contribution < 1.29 is 9.47 Å². The summed E-state index contributed by atoms with van der Waals surface area (Å²) in [4.78, 5) is 15.5. The fourth-order valence-electron chi connectivity index (χ4n) is 3.18. The van der Waals surface area contributed by atoms with E-state index in [9.17, 15) is 0 Å². The zero-order valence-corrected chi connectivity index (χ0v) is 16.5. The second kappa shape index (κ2) is 7.34. The van der Waals surface area contributed by atoms with Gasteiger partial charge >= 0.3 is 0 Å². The minimum absolute atomic E-state index is 0.552. The standard InChI is InChI=1S/C21H23N5O2/c1-14-11-15(7-8-22-14)19-20(26(4)21(24-19)23-13-25(2)3)16-5-6-17-18(12-16)28-10-9-27-17/h5-8,11-13H,9-10H2,1-4H3/b23-13-. The van der Waals surface area contributed by atoms with Crippen LogP contribution in [-0.2, 0) is 7.05 Å². The maximum absolute atomic E-state index is 5.77. The SMILES string of the molecule is Cc1cc(-c2nc(/N=C\N(C)C)n(C)c2-c2ccc3c(c2)OCCO3)ccn1. The molecule has 0 unspecified atom stereocenters. The van der Waals surface area contributed by atoms with Crippen molar-refractivity contribution in [1.82, 2.24) is 19.4 Å². The molecule has 144 valence electrons. The van der Waals surface area contributed by atoms with Crippen molar-refractivity contribution in [3.05, 3.63) is 42.2 Å². The molecular formula is C21H23N5O2. The smallest absolute Gasteiger partial charge is 0.231 e. The molecule has 4 rings (SSSR count). The topological polar surface area (TPSA) is 64.8 Å². The molecule has 3 aromatic rings. The lowest BCUT2D eigenvalue weighted by atomic mass is 10.0. The molecule has 7 nitrogen and oxygen atoms in total. The predicted octanol–water partition coefficient (Wildman–Crippen LogP) is 3.45. The fraction of sp³-hybridized carbons (Fsp3) is 0.286. The highest BCUT2D eigenvalue weighted by Gasteiger charge is 2.20. The largest absolute Gasteiger partial charge is 0.486 e. The zero-order chi connectivity index (χ0) is 19.7. The van der Waals surface area contributed by atoms with E-state index in [0.717, 1.165) is 39.7 Å². The van der Waals surface area contributed by atoms with Gasteiger partial charge in [0.05, 0.1) is 17.7 Å². The van der Waals surface area contributed by atoms with Crippen molar-refractivity contribution in [1.29, 1.82) is 0 Å². The summed E-state index contributed by atoms with van der Waals surface area (Å²) >= 11 is 0. The van der Waals surface area contributed by atoms with Crippen LogP contribution < -0.4 is 9.47 Å². The van der Waals surface area contributed by atoms with Gasteiger partial charge in [-0.05, 0) is 37.3 Å². The number of nitrogens with zero attached hydrogens (tertiary/aromatic N) is 5. The van der Waals surface area contributed by atoms with Gasteiger partial charge in [0.2, 0.25) is 5.95 Å². The van der Waals surface area contributed by atoms with Crippen LogP contribution in [0.4, 0.5) is 5.95 Å². The highest BCUT2D eigenvalue weighted by molar-refractivity contribution is 5.82. The van der Waals surface area contributed by atoms with Crippen molar-refractivity contribution in [3.8, 4) is 34.0 Å². The molecule has 7 heteroatoms. The van der Waals surface area contributed by atoms with Crippen LogP contribution in [0, 0.1) is 6.92 Å². The number of hydrogen-bond donors (Lipinski definition) is 0. The summed E-state index contributed by atoms with van der Waals surface area (Å²) in [5.74, 6) is 2.15. The lowest BCUT2D eigenvalue weighted by molar-refractivity contribution is 0.171. The average molecular weight is 377 g/mol. The van der Waals surface area contributed by atoms with Crippen molar-refractivity contribution in [2.75, 3.05) is 27.3 Å². The minimum atomic E-state index is 0.552. The predicted molar refractivity (Wildman–Crippen MR) is 109 cm³/mol. The number of rotatable bonds is 4. The molecule has 28 heavy (non-hydrogen) atoms. The van der Waals surface area contributed by atoms with Crippen LogP contribution in [0.3, 0.4) is 0 Å². The Kier molecular flexibility index (Phi) is 4.73. The molecule has 0 amide bonds.